The van der Waals surface area contributed by atoms with E-state index in [0.29, 0.717) is 42.2 Å². The van der Waals surface area contributed by atoms with Gasteiger partial charge < -0.3 is 21.3 Å². The van der Waals surface area contributed by atoms with E-state index in [-0.39, 0.29) is 23.9 Å². The molecule has 4 rings (SSSR count). The molecule has 0 spiro atoms. The van der Waals surface area contributed by atoms with Gasteiger partial charge in [0.05, 0.1) is 34.5 Å². The van der Waals surface area contributed by atoms with Crippen molar-refractivity contribution < 1.29 is 30.8 Å². The van der Waals surface area contributed by atoms with E-state index in [2.05, 4.69) is 47.8 Å². The first-order chi connectivity index (χ1) is 18.5. The monoisotopic (exact) mass is 563 g/mol. The molecule has 15 heteroatoms. The van der Waals surface area contributed by atoms with Crippen molar-refractivity contribution in [3.63, 3.8) is 0 Å². The van der Waals surface area contributed by atoms with Crippen molar-refractivity contribution in [2.45, 2.75) is 17.5 Å². The maximum absolute atomic E-state index is 13.9. The lowest BCUT2D eigenvalue weighted by Gasteiger charge is -2.10. The van der Waals surface area contributed by atoms with E-state index in [9.17, 15) is 30.8 Å². The third kappa shape index (κ3) is 7.33. The van der Waals surface area contributed by atoms with Gasteiger partial charge in [-0.25, -0.2) is 27.3 Å². The molecule has 0 aliphatic carbocycles. The van der Waals surface area contributed by atoms with Gasteiger partial charge in [-0.15, -0.1) is 0 Å². The Bertz CT molecular complexity index is 1550. The van der Waals surface area contributed by atoms with Crippen LogP contribution in [0.25, 0.3) is 0 Å². The molecule has 0 radical (unpaired) electrons. The summed E-state index contributed by atoms with van der Waals surface area (Å²) in [4.78, 5) is 20.7. The number of amides is 2. The van der Waals surface area contributed by atoms with Crippen molar-refractivity contribution in [2.24, 2.45) is 0 Å². The highest BCUT2D eigenvalue weighted by Gasteiger charge is 2.31. The number of fused-ring (bicyclic) bond motifs is 4. The number of halogens is 4. The number of nitrogens with zero attached hydrogens (tertiary/aromatic N) is 2. The molecule has 2 amide bonds. The summed E-state index contributed by atoms with van der Waals surface area (Å²) in [6, 6.07) is 7.08. The number of alkyl halides is 3. The molecule has 0 saturated carbocycles. The van der Waals surface area contributed by atoms with Crippen LogP contribution in [0.4, 0.5) is 45.5 Å². The summed E-state index contributed by atoms with van der Waals surface area (Å²) in [7, 11) is -3.68. The van der Waals surface area contributed by atoms with Crippen molar-refractivity contribution in [1.82, 2.24) is 20.0 Å². The number of anilines is 4. The maximum atomic E-state index is 13.9. The molecule has 39 heavy (non-hydrogen) atoms. The van der Waals surface area contributed by atoms with Gasteiger partial charge in [-0.05, 0) is 42.8 Å². The van der Waals surface area contributed by atoms with E-state index in [1.165, 1.54) is 18.3 Å². The molecule has 2 aromatic carbocycles. The first-order valence-electron chi connectivity index (χ1n) is 11.4. The Hall–Kier alpha value is -4.42. The molecule has 4 bridgehead atoms. The normalized spacial score (nSPS) is 14.6. The maximum Gasteiger partial charge on any atom is 0.416 e. The SMILES string of the molecule is O=C(NCC#Cc1cnc2nc1NCCCNS(=O)(=O)c1cccc(c1)N2)Nc1ccc(C(F)(F)F)cc1F. The van der Waals surface area contributed by atoms with Gasteiger partial charge in [0, 0.05) is 18.8 Å². The number of carbonyl (C=O) groups is 1. The number of sulfonamides is 1. The number of aromatic nitrogens is 2. The molecular formula is C24H21F4N7O3S. The Morgan fingerprint density at radius 2 is 1.95 bits per heavy atom. The molecule has 0 unspecified atom stereocenters. The molecule has 3 aromatic rings. The zero-order valence-corrected chi connectivity index (χ0v) is 20.8. The average molecular weight is 564 g/mol. The minimum atomic E-state index is -4.71. The fourth-order valence-electron chi connectivity index (χ4n) is 3.35. The van der Waals surface area contributed by atoms with E-state index in [4.69, 9.17) is 0 Å². The Morgan fingerprint density at radius 1 is 1.13 bits per heavy atom. The summed E-state index contributed by atoms with van der Waals surface area (Å²) < 4.78 is 79.4. The summed E-state index contributed by atoms with van der Waals surface area (Å²) in [6.45, 7) is 0.372. The molecule has 0 fully saturated rings. The van der Waals surface area contributed by atoms with Crippen LogP contribution in [0.3, 0.4) is 0 Å². The second-order valence-corrected chi connectivity index (χ2v) is 9.86. The Labute approximate surface area is 220 Å². The quantitative estimate of drug-likeness (QED) is 0.237. The van der Waals surface area contributed by atoms with Crippen LogP contribution in [0.2, 0.25) is 0 Å². The Balaban J connectivity index is 1.42. The highest BCUT2D eigenvalue weighted by Crippen LogP contribution is 2.31. The number of hydrogen-bond acceptors (Lipinski definition) is 7. The summed E-state index contributed by atoms with van der Waals surface area (Å²) >= 11 is 0. The van der Waals surface area contributed by atoms with Crippen LogP contribution < -0.4 is 26.0 Å². The van der Waals surface area contributed by atoms with E-state index >= 15 is 0 Å². The molecule has 1 aliphatic heterocycles. The lowest BCUT2D eigenvalue weighted by Crippen LogP contribution is -2.29. The average Bonchev–Trinajstić information content (AvgIpc) is 2.88. The summed E-state index contributed by atoms with van der Waals surface area (Å²) in [6.07, 6.45) is -2.82. The topological polar surface area (TPSA) is 137 Å². The third-order valence-electron chi connectivity index (χ3n) is 5.23. The van der Waals surface area contributed by atoms with Crippen molar-refractivity contribution in [1.29, 1.82) is 0 Å². The number of nitrogens with one attached hydrogen (secondary N) is 5. The molecule has 0 saturated heterocycles. The number of benzene rings is 2. The minimum absolute atomic E-state index is 0.0972. The second-order valence-electron chi connectivity index (χ2n) is 8.09. The highest BCUT2D eigenvalue weighted by molar-refractivity contribution is 7.89. The number of rotatable bonds is 2. The largest absolute Gasteiger partial charge is 0.416 e. The molecule has 1 aliphatic rings. The zero-order valence-electron chi connectivity index (χ0n) is 20.0. The number of hydrogen-bond donors (Lipinski definition) is 5. The predicted octanol–water partition coefficient (Wildman–Crippen LogP) is 3.65. The van der Waals surface area contributed by atoms with Gasteiger partial charge in [0.1, 0.15) is 11.6 Å². The van der Waals surface area contributed by atoms with Gasteiger partial charge >= 0.3 is 12.2 Å². The van der Waals surface area contributed by atoms with E-state index in [1.807, 2.05) is 0 Å². The summed E-state index contributed by atoms with van der Waals surface area (Å²) in [5.74, 6) is 4.83. The Kier molecular flexibility index (Phi) is 8.17. The fraction of sp³-hybridized carbons (Fsp3) is 0.208. The van der Waals surface area contributed by atoms with Crippen LogP contribution in [0.15, 0.2) is 53.6 Å². The van der Waals surface area contributed by atoms with Crippen molar-refractivity contribution in [3.05, 3.63) is 65.6 Å². The Morgan fingerprint density at radius 3 is 2.72 bits per heavy atom. The van der Waals surface area contributed by atoms with Crippen LogP contribution >= 0.6 is 0 Å². The lowest BCUT2D eigenvalue weighted by molar-refractivity contribution is -0.137. The van der Waals surface area contributed by atoms with Crippen LogP contribution in [-0.2, 0) is 16.2 Å². The first kappa shape index (κ1) is 27.6. The fourth-order valence-corrected chi connectivity index (χ4v) is 4.47. The first-order valence-corrected chi connectivity index (χ1v) is 12.9. The minimum Gasteiger partial charge on any atom is -0.369 e. The second kappa shape index (κ2) is 11.5. The molecule has 10 nitrogen and oxygen atoms in total. The number of carbonyl (C=O) groups excluding carboxylic acids is 1. The van der Waals surface area contributed by atoms with Crippen LogP contribution in [-0.4, -0.2) is 44.1 Å². The summed E-state index contributed by atoms with van der Waals surface area (Å²) in [5, 5.41) is 10.5. The molecular weight excluding hydrogens is 542 g/mol. The molecule has 5 N–H and O–H groups in total. The zero-order chi connectivity index (χ0) is 28.0. The van der Waals surface area contributed by atoms with Crippen molar-refractivity contribution in [2.75, 3.05) is 35.6 Å². The van der Waals surface area contributed by atoms with E-state index < -0.39 is 39.3 Å². The van der Waals surface area contributed by atoms with Gasteiger partial charge in [0.15, 0.2) is 0 Å². The molecule has 2 heterocycles. The van der Waals surface area contributed by atoms with Crippen LogP contribution in [0, 0.1) is 17.7 Å². The summed E-state index contributed by atoms with van der Waals surface area (Å²) in [5.41, 5.74) is -0.747. The van der Waals surface area contributed by atoms with Crippen molar-refractivity contribution >= 4 is 39.2 Å². The van der Waals surface area contributed by atoms with Gasteiger partial charge in [-0.3, -0.25) is 0 Å². The number of urea groups is 1. The van der Waals surface area contributed by atoms with Gasteiger partial charge in [0.25, 0.3) is 0 Å². The smallest absolute Gasteiger partial charge is 0.369 e. The molecule has 1 aromatic heterocycles. The lowest BCUT2D eigenvalue weighted by atomic mass is 10.2. The van der Waals surface area contributed by atoms with Gasteiger partial charge in [-0.1, -0.05) is 17.9 Å². The van der Waals surface area contributed by atoms with Crippen molar-refractivity contribution in [3.8, 4) is 11.8 Å². The van der Waals surface area contributed by atoms with Gasteiger partial charge in [0.2, 0.25) is 16.0 Å². The molecule has 204 valence electrons. The van der Waals surface area contributed by atoms with Gasteiger partial charge in [-0.2, -0.15) is 18.2 Å². The van der Waals surface area contributed by atoms with E-state index in [1.54, 1.807) is 12.1 Å². The van der Waals surface area contributed by atoms with Crippen LogP contribution in [0.1, 0.15) is 17.5 Å². The highest BCUT2D eigenvalue weighted by atomic mass is 32.2. The van der Waals surface area contributed by atoms with E-state index in [0.717, 1.165) is 6.07 Å². The standard InChI is InChI=1S/C24H21F4N7O3S/c25-19-12-16(24(26,27)28)7-8-20(19)34-23(36)30-9-2-4-15-14-31-22-33-17-5-1-6-18(13-17)39(37,38)32-11-3-10-29-21(15)35-22/h1,5-8,12-14,32H,3,9-11H2,(H2,30,34,36)(H2,29,31,33,35). The van der Waals surface area contributed by atoms with Crippen LogP contribution in [0.5, 0.6) is 0 Å². The molecule has 0 atom stereocenters. The third-order valence-corrected chi connectivity index (χ3v) is 6.69. The predicted molar refractivity (Wildman–Crippen MR) is 135 cm³/mol.